The maximum absolute atomic E-state index is 14.6. The molecule has 1 saturated carbocycles. The first kappa shape index (κ1) is 20.9. The normalized spacial score (nSPS) is 21.5. The van der Waals surface area contributed by atoms with Crippen molar-refractivity contribution in [3.8, 4) is 11.6 Å². The van der Waals surface area contributed by atoms with E-state index in [-0.39, 0.29) is 11.7 Å². The second-order valence-electron chi connectivity index (χ2n) is 8.22. The van der Waals surface area contributed by atoms with Gasteiger partial charge in [0.2, 0.25) is 10.0 Å². The fourth-order valence-corrected chi connectivity index (χ4v) is 5.08. The molecule has 1 aliphatic carbocycles. The summed E-state index contributed by atoms with van der Waals surface area (Å²) in [6, 6.07) is 7.00. The number of hydrogen-bond donors (Lipinski definition) is 0. The first-order valence-electron chi connectivity index (χ1n) is 10.5. The van der Waals surface area contributed by atoms with Crippen LogP contribution < -0.4 is 4.90 Å². The highest BCUT2D eigenvalue weighted by molar-refractivity contribution is 7.88. The molecule has 0 bridgehead atoms. The molecule has 5 rings (SSSR count). The summed E-state index contributed by atoms with van der Waals surface area (Å²) < 4.78 is 39.5. The van der Waals surface area contributed by atoms with Crippen molar-refractivity contribution in [3.05, 3.63) is 66.0 Å². The average Bonchev–Trinajstić information content (AvgIpc) is 3.61. The third-order valence-corrected chi connectivity index (χ3v) is 7.41. The van der Waals surface area contributed by atoms with Gasteiger partial charge in [-0.1, -0.05) is 6.07 Å². The van der Waals surface area contributed by atoms with E-state index >= 15 is 0 Å². The van der Waals surface area contributed by atoms with Gasteiger partial charge in [-0.15, -0.1) is 0 Å². The Morgan fingerprint density at radius 3 is 2.19 bits per heavy atom. The van der Waals surface area contributed by atoms with E-state index in [1.807, 2.05) is 29.4 Å². The highest BCUT2D eigenvalue weighted by Gasteiger charge is 2.40. The fraction of sp³-hybridized carbons (Fsp3) is 0.364. The number of nitrogens with zero attached hydrogens (tertiary/aromatic N) is 6. The molecule has 8 nitrogen and oxygen atoms in total. The van der Waals surface area contributed by atoms with Gasteiger partial charge in [0, 0.05) is 51.0 Å². The van der Waals surface area contributed by atoms with E-state index in [9.17, 15) is 12.8 Å². The fourth-order valence-electron chi connectivity index (χ4n) is 4.25. The van der Waals surface area contributed by atoms with Crippen molar-refractivity contribution in [3.63, 3.8) is 0 Å². The Morgan fingerprint density at radius 2 is 1.53 bits per heavy atom. The zero-order valence-corrected chi connectivity index (χ0v) is 18.4. The van der Waals surface area contributed by atoms with Crippen LogP contribution in [0.25, 0.3) is 11.6 Å². The lowest BCUT2D eigenvalue weighted by molar-refractivity contribution is 0.386. The number of piperazine rings is 1. The van der Waals surface area contributed by atoms with Crippen molar-refractivity contribution in [2.24, 2.45) is 0 Å². The van der Waals surface area contributed by atoms with Crippen LogP contribution in [0, 0.1) is 5.82 Å². The summed E-state index contributed by atoms with van der Waals surface area (Å²) in [5.74, 6) is 1.28. The predicted molar refractivity (Wildman–Crippen MR) is 118 cm³/mol. The maximum Gasteiger partial charge on any atom is 0.211 e. The van der Waals surface area contributed by atoms with E-state index in [0.717, 1.165) is 17.5 Å². The number of benzene rings is 1. The minimum Gasteiger partial charge on any atom is -0.367 e. The predicted octanol–water partition coefficient (Wildman–Crippen LogP) is 2.43. The lowest BCUT2D eigenvalue weighted by atomic mass is 10.0. The van der Waals surface area contributed by atoms with Gasteiger partial charge in [-0.3, -0.25) is 0 Å². The molecule has 0 unspecified atom stereocenters. The number of rotatable bonds is 5. The van der Waals surface area contributed by atoms with Crippen LogP contribution in [0.15, 0.2) is 49.1 Å². The Bertz CT molecular complexity index is 1210. The largest absolute Gasteiger partial charge is 0.367 e. The van der Waals surface area contributed by atoms with E-state index in [4.69, 9.17) is 0 Å². The number of anilines is 1. The zero-order chi connectivity index (χ0) is 22.3. The van der Waals surface area contributed by atoms with Crippen LogP contribution in [0.5, 0.6) is 0 Å². The van der Waals surface area contributed by atoms with Crippen LogP contribution in [0.3, 0.4) is 0 Å². The summed E-state index contributed by atoms with van der Waals surface area (Å²) in [5.41, 5.74) is 2.66. The van der Waals surface area contributed by atoms with E-state index < -0.39 is 10.0 Å². The Kier molecular flexibility index (Phi) is 5.34. The lowest BCUT2D eigenvalue weighted by Gasteiger charge is -2.35. The molecule has 0 amide bonds. The molecule has 1 aliphatic heterocycles. The van der Waals surface area contributed by atoms with Crippen LogP contribution >= 0.6 is 0 Å². The quantitative estimate of drug-likeness (QED) is 0.585. The summed E-state index contributed by atoms with van der Waals surface area (Å²) in [7, 11) is -3.22. The van der Waals surface area contributed by atoms with E-state index in [1.165, 1.54) is 16.6 Å². The van der Waals surface area contributed by atoms with Crippen LogP contribution in [-0.2, 0) is 10.0 Å². The van der Waals surface area contributed by atoms with Gasteiger partial charge in [0.05, 0.1) is 11.9 Å². The van der Waals surface area contributed by atoms with E-state index in [2.05, 4.69) is 19.9 Å². The highest BCUT2D eigenvalue weighted by atomic mass is 32.2. The molecular formula is C22H23FN6O2S. The second kappa shape index (κ2) is 8.18. The van der Waals surface area contributed by atoms with Gasteiger partial charge < -0.3 is 4.90 Å². The molecule has 2 fully saturated rings. The Hall–Kier alpha value is -2.98. The van der Waals surface area contributed by atoms with Gasteiger partial charge in [0.25, 0.3) is 0 Å². The summed E-state index contributed by atoms with van der Waals surface area (Å²) in [5, 5.41) is 0. The van der Waals surface area contributed by atoms with E-state index in [1.54, 1.807) is 18.5 Å². The first-order valence-corrected chi connectivity index (χ1v) is 12.3. The van der Waals surface area contributed by atoms with Gasteiger partial charge in [-0.2, -0.15) is 4.31 Å². The molecule has 2 aromatic heterocycles. The molecule has 3 aromatic rings. The van der Waals surface area contributed by atoms with Gasteiger partial charge in [0.15, 0.2) is 11.6 Å². The molecule has 0 spiro atoms. The Labute approximate surface area is 186 Å². The van der Waals surface area contributed by atoms with Gasteiger partial charge >= 0.3 is 0 Å². The van der Waals surface area contributed by atoms with Crippen molar-refractivity contribution in [2.45, 2.75) is 18.3 Å². The summed E-state index contributed by atoms with van der Waals surface area (Å²) in [4.78, 5) is 19.1. The van der Waals surface area contributed by atoms with Crippen molar-refractivity contribution in [1.82, 2.24) is 24.2 Å². The highest BCUT2D eigenvalue weighted by Crippen LogP contribution is 2.54. The topological polar surface area (TPSA) is 92.2 Å². The Balaban J connectivity index is 1.29. The van der Waals surface area contributed by atoms with Gasteiger partial charge in [0.1, 0.15) is 5.82 Å². The number of sulfonamides is 1. The molecule has 2 aliphatic rings. The SMILES string of the molecule is CS(=O)(=O)N1CCN(c2cc([C@H]3C[C@H]3c3cnc(-c4ncccn4)nc3)ccc2F)CC1. The Morgan fingerprint density at radius 1 is 0.906 bits per heavy atom. The maximum atomic E-state index is 14.6. The average molecular weight is 455 g/mol. The second-order valence-corrected chi connectivity index (χ2v) is 10.2. The van der Waals surface area contributed by atoms with Crippen LogP contribution in [0.1, 0.15) is 29.4 Å². The number of aromatic nitrogens is 4. The van der Waals surface area contributed by atoms with Crippen molar-refractivity contribution in [1.29, 1.82) is 0 Å². The lowest BCUT2D eigenvalue weighted by Crippen LogP contribution is -2.48. The molecule has 1 aromatic carbocycles. The third kappa shape index (κ3) is 4.20. The zero-order valence-electron chi connectivity index (χ0n) is 17.6. The molecule has 2 atom stereocenters. The smallest absolute Gasteiger partial charge is 0.211 e. The first-order chi connectivity index (χ1) is 15.4. The molecule has 10 heteroatoms. The summed E-state index contributed by atoms with van der Waals surface area (Å²) >= 11 is 0. The van der Waals surface area contributed by atoms with Crippen LogP contribution in [-0.4, -0.2) is 65.1 Å². The molecule has 3 heterocycles. The summed E-state index contributed by atoms with van der Waals surface area (Å²) in [6.45, 7) is 1.67. The monoisotopic (exact) mass is 454 g/mol. The van der Waals surface area contributed by atoms with Gasteiger partial charge in [-0.05, 0) is 47.6 Å². The van der Waals surface area contributed by atoms with Crippen LogP contribution in [0.4, 0.5) is 10.1 Å². The minimum atomic E-state index is -3.22. The number of halogens is 1. The van der Waals surface area contributed by atoms with Crippen molar-refractivity contribution in [2.75, 3.05) is 37.3 Å². The van der Waals surface area contributed by atoms with Crippen LogP contribution in [0.2, 0.25) is 0 Å². The van der Waals surface area contributed by atoms with Gasteiger partial charge in [-0.25, -0.2) is 32.7 Å². The molecule has 32 heavy (non-hydrogen) atoms. The molecule has 1 saturated heterocycles. The summed E-state index contributed by atoms with van der Waals surface area (Å²) in [6.07, 6.45) is 9.11. The minimum absolute atomic E-state index is 0.283. The van der Waals surface area contributed by atoms with Crippen molar-refractivity contribution >= 4 is 15.7 Å². The molecule has 0 N–H and O–H groups in total. The standard InChI is InChI=1S/C22H23FN6O2S/c1-32(30,31)29-9-7-28(8-10-29)20-11-15(3-4-19(20)23)17-12-18(17)16-13-26-22(27-14-16)21-24-5-2-6-25-21/h2-6,11,13-14,17-18H,7-10,12H2,1H3/t17-,18+/m1/s1. The third-order valence-electron chi connectivity index (χ3n) is 6.10. The number of hydrogen-bond acceptors (Lipinski definition) is 7. The molecule has 166 valence electrons. The molecule has 0 radical (unpaired) electrons. The van der Waals surface area contributed by atoms with E-state index in [0.29, 0.717) is 49.4 Å². The van der Waals surface area contributed by atoms with Crippen molar-refractivity contribution < 1.29 is 12.8 Å². The molecular weight excluding hydrogens is 431 g/mol.